The number of nitrogens with one attached hydrogen (secondary N) is 1. The molecule has 0 atom stereocenters. The number of rotatable bonds is 6. The van der Waals surface area contributed by atoms with Gasteiger partial charge in [0, 0.05) is 13.0 Å². The van der Waals surface area contributed by atoms with Gasteiger partial charge < -0.3 is 10.2 Å². The van der Waals surface area contributed by atoms with Crippen LogP contribution in [0.15, 0.2) is 42.5 Å². The Bertz CT molecular complexity index is 774. The highest BCUT2D eigenvalue weighted by Crippen LogP contribution is 2.22. The normalized spacial score (nSPS) is 15.7. The van der Waals surface area contributed by atoms with Gasteiger partial charge in [-0.2, -0.15) is 0 Å². The molecule has 1 heterocycles. The Balaban J connectivity index is 1.41. The zero-order chi connectivity index (χ0) is 19.2. The smallest absolute Gasteiger partial charge is 0.225 e. The molecule has 0 spiro atoms. The molecular weight excluding hydrogens is 353 g/mol. The number of likely N-dealkylation sites (tertiary alicyclic amines) is 1. The lowest BCUT2D eigenvalue weighted by atomic mass is 9.90. The van der Waals surface area contributed by atoms with Crippen molar-refractivity contribution in [1.29, 1.82) is 0 Å². The maximum atomic E-state index is 13.6. The summed E-state index contributed by atoms with van der Waals surface area (Å²) in [6.45, 7) is 2.41. The predicted octanol–water partition coefficient (Wildman–Crippen LogP) is 4.39. The summed E-state index contributed by atoms with van der Waals surface area (Å²) in [4.78, 5) is 14.2. The van der Waals surface area contributed by atoms with Crippen LogP contribution in [0.5, 0.6) is 0 Å². The molecule has 1 saturated heterocycles. The first-order chi connectivity index (χ1) is 13.0. The summed E-state index contributed by atoms with van der Waals surface area (Å²) in [6.07, 6.45) is 3.41. The van der Waals surface area contributed by atoms with E-state index in [1.165, 1.54) is 5.56 Å². The van der Waals surface area contributed by atoms with Gasteiger partial charge in [0.05, 0.1) is 5.69 Å². The molecule has 0 radical (unpaired) electrons. The number of anilines is 1. The maximum Gasteiger partial charge on any atom is 0.225 e. The van der Waals surface area contributed by atoms with Crippen LogP contribution in [0.2, 0.25) is 0 Å². The second-order valence-corrected chi connectivity index (χ2v) is 7.00. The molecule has 1 aliphatic heterocycles. The van der Waals surface area contributed by atoms with Crippen molar-refractivity contribution in [2.24, 2.45) is 5.92 Å². The van der Waals surface area contributed by atoms with Gasteiger partial charge in [-0.05, 0) is 56.0 Å². The molecule has 2 aromatic carbocycles. The number of amides is 1. The van der Waals surface area contributed by atoms with Crippen LogP contribution in [0.3, 0.4) is 0 Å². The van der Waals surface area contributed by atoms with Crippen LogP contribution in [0.4, 0.5) is 18.9 Å². The topological polar surface area (TPSA) is 32.3 Å². The van der Waals surface area contributed by atoms with Crippen LogP contribution < -0.4 is 5.32 Å². The summed E-state index contributed by atoms with van der Waals surface area (Å²) in [5.74, 6) is -3.98. The molecule has 3 nitrogen and oxygen atoms in total. The molecular formula is C21H23F3N2O. The van der Waals surface area contributed by atoms with E-state index >= 15 is 0 Å². The third-order valence-electron chi connectivity index (χ3n) is 5.04. The Hall–Kier alpha value is -2.34. The average Bonchev–Trinajstić information content (AvgIpc) is 2.69. The van der Waals surface area contributed by atoms with Crippen LogP contribution in [-0.4, -0.2) is 30.4 Å². The number of carbonyl (C=O) groups excluding carboxylic acids is 1. The van der Waals surface area contributed by atoms with Crippen LogP contribution in [0.25, 0.3) is 0 Å². The molecule has 2 aromatic rings. The Kier molecular flexibility index (Phi) is 6.50. The van der Waals surface area contributed by atoms with E-state index in [9.17, 15) is 18.0 Å². The van der Waals surface area contributed by atoms with E-state index in [-0.39, 0.29) is 12.1 Å². The molecule has 0 aliphatic carbocycles. The lowest BCUT2D eigenvalue weighted by Crippen LogP contribution is -2.36. The van der Waals surface area contributed by atoms with Crippen molar-refractivity contribution in [1.82, 2.24) is 4.90 Å². The van der Waals surface area contributed by atoms with Gasteiger partial charge in [-0.25, -0.2) is 13.2 Å². The highest BCUT2D eigenvalue weighted by atomic mass is 19.2. The van der Waals surface area contributed by atoms with E-state index in [2.05, 4.69) is 34.5 Å². The molecule has 0 saturated carbocycles. The molecule has 1 aliphatic rings. The molecule has 6 heteroatoms. The van der Waals surface area contributed by atoms with Gasteiger partial charge in [-0.3, -0.25) is 4.79 Å². The lowest BCUT2D eigenvalue weighted by Gasteiger charge is -2.31. The fourth-order valence-corrected chi connectivity index (χ4v) is 3.46. The van der Waals surface area contributed by atoms with Gasteiger partial charge >= 0.3 is 0 Å². The highest BCUT2D eigenvalue weighted by Gasteiger charge is 2.20. The Morgan fingerprint density at radius 3 is 2.41 bits per heavy atom. The molecule has 0 bridgehead atoms. The fraction of sp³-hybridized carbons (Fsp3) is 0.381. The van der Waals surface area contributed by atoms with Crippen LogP contribution in [0, 0.1) is 23.4 Å². The minimum atomic E-state index is -1.58. The van der Waals surface area contributed by atoms with E-state index in [1.807, 2.05) is 6.07 Å². The number of carbonyl (C=O) groups is 1. The zero-order valence-electron chi connectivity index (χ0n) is 15.1. The highest BCUT2D eigenvalue weighted by molar-refractivity contribution is 5.90. The fourth-order valence-electron chi connectivity index (χ4n) is 3.46. The lowest BCUT2D eigenvalue weighted by molar-refractivity contribution is -0.116. The molecule has 1 N–H and O–H groups in total. The Morgan fingerprint density at radius 2 is 1.70 bits per heavy atom. The number of benzene rings is 2. The van der Waals surface area contributed by atoms with Gasteiger partial charge in [0.1, 0.15) is 0 Å². The summed E-state index contributed by atoms with van der Waals surface area (Å²) < 4.78 is 39.7. The molecule has 1 amide bonds. The third-order valence-corrected chi connectivity index (χ3v) is 5.04. The number of hydrogen-bond acceptors (Lipinski definition) is 2. The number of piperidine rings is 1. The van der Waals surface area contributed by atoms with Crippen LogP contribution >= 0.6 is 0 Å². The second kappa shape index (κ2) is 9.04. The summed E-state index contributed by atoms with van der Waals surface area (Å²) >= 11 is 0. The summed E-state index contributed by atoms with van der Waals surface area (Å²) in [5, 5.41) is 2.31. The van der Waals surface area contributed by atoms with Crippen LogP contribution in [-0.2, 0) is 11.2 Å². The van der Waals surface area contributed by atoms with Gasteiger partial charge in [0.2, 0.25) is 5.91 Å². The molecule has 3 rings (SSSR count). The first-order valence-corrected chi connectivity index (χ1v) is 9.22. The first kappa shape index (κ1) is 19.4. The maximum absolute atomic E-state index is 13.6. The number of halogens is 3. The monoisotopic (exact) mass is 376 g/mol. The zero-order valence-corrected chi connectivity index (χ0v) is 15.1. The quantitative estimate of drug-likeness (QED) is 0.759. The first-order valence-electron chi connectivity index (χ1n) is 9.22. The van der Waals surface area contributed by atoms with Gasteiger partial charge in [0.15, 0.2) is 17.5 Å². The molecule has 1 fully saturated rings. The van der Waals surface area contributed by atoms with E-state index in [4.69, 9.17) is 0 Å². The van der Waals surface area contributed by atoms with E-state index in [1.54, 1.807) is 0 Å². The van der Waals surface area contributed by atoms with Crippen molar-refractivity contribution in [3.63, 3.8) is 0 Å². The van der Waals surface area contributed by atoms with Crippen molar-refractivity contribution < 1.29 is 18.0 Å². The van der Waals surface area contributed by atoms with Gasteiger partial charge in [-0.1, -0.05) is 30.3 Å². The molecule has 0 unspecified atom stereocenters. The van der Waals surface area contributed by atoms with E-state index in [0.29, 0.717) is 12.5 Å². The second-order valence-electron chi connectivity index (χ2n) is 7.00. The SMILES string of the molecule is O=C(CCN1CCC(Cc2ccccc2)CC1)Nc1ccc(F)c(F)c1F. The van der Waals surface area contributed by atoms with Gasteiger partial charge in [-0.15, -0.1) is 0 Å². The van der Waals surface area contributed by atoms with E-state index in [0.717, 1.165) is 44.5 Å². The third kappa shape index (κ3) is 5.32. The minimum absolute atomic E-state index is 0.182. The molecule has 144 valence electrons. The Labute approximate surface area is 157 Å². The van der Waals surface area contributed by atoms with Crippen molar-refractivity contribution >= 4 is 11.6 Å². The largest absolute Gasteiger partial charge is 0.323 e. The van der Waals surface area contributed by atoms with Crippen molar-refractivity contribution in [3.8, 4) is 0 Å². The summed E-state index contributed by atoms with van der Waals surface area (Å²) in [6, 6.07) is 12.2. The predicted molar refractivity (Wildman–Crippen MR) is 98.9 cm³/mol. The Morgan fingerprint density at radius 1 is 1.00 bits per heavy atom. The van der Waals surface area contributed by atoms with Crippen molar-refractivity contribution in [2.45, 2.75) is 25.7 Å². The molecule has 0 aromatic heterocycles. The van der Waals surface area contributed by atoms with Crippen LogP contribution in [0.1, 0.15) is 24.8 Å². The average molecular weight is 376 g/mol. The number of hydrogen-bond donors (Lipinski definition) is 1. The molecule has 27 heavy (non-hydrogen) atoms. The summed E-state index contributed by atoms with van der Waals surface area (Å²) in [5.41, 5.74) is 1.02. The van der Waals surface area contributed by atoms with Gasteiger partial charge in [0.25, 0.3) is 0 Å². The van der Waals surface area contributed by atoms with Crippen molar-refractivity contribution in [2.75, 3.05) is 25.0 Å². The standard InChI is InChI=1S/C21H23F3N2O/c22-17-6-7-18(21(24)20(17)23)25-19(27)10-13-26-11-8-16(9-12-26)14-15-4-2-1-3-5-15/h1-7,16H,8-14H2,(H,25,27). The van der Waals surface area contributed by atoms with Crippen molar-refractivity contribution in [3.05, 3.63) is 65.5 Å². The summed E-state index contributed by atoms with van der Waals surface area (Å²) in [7, 11) is 0. The van der Waals surface area contributed by atoms with E-state index < -0.39 is 23.4 Å². The number of nitrogens with zero attached hydrogens (tertiary/aromatic N) is 1. The minimum Gasteiger partial charge on any atom is -0.323 e.